The number of rotatable bonds is 8. The zero-order valence-corrected chi connectivity index (χ0v) is 10.9. The van der Waals surface area contributed by atoms with E-state index in [-0.39, 0.29) is 11.9 Å². The number of hydrogen-bond donors (Lipinski definition) is 2. The van der Waals surface area contributed by atoms with Gasteiger partial charge in [-0.2, -0.15) is 11.8 Å². The maximum Gasteiger partial charge on any atom is 0.229 e. The van der Waals surface area contributed by atoms with Crippen molar-refractivity contribution in [1.29, 1.82) is 0 Å². The van der Waals surface area contributed by atoms with Gasteiger partial charge in [-0.1, -0.05) is 20.8 Å². The smallest absolute Gasteiger partial charge is 0.229 e. The molecular formula is C11H24N2OS. The predicted molar refractivity (Wildman–Crippen MR) is 68.1 cm³/mol. The van der Waals surface area contributed by atoms with Crippen LogP contribution >= 0.6 is 11.8 Å². The molecule has 1 atom stereocenters. The standard InChI is InChI=1S/C11H24N2OS/c1-4-10(12)7-15-8-11(14)13-6-5-9(2)3/h9-10H,4-8,12H2,1-3H3,(H,13,14). The maximum absolute atomic E-state index is 11.3. The highest BCUT2D eigenvalue weighted by atomic mass is 32.2. The average molecular weight is 232 g/mol. The van der Waals surface area contributed by atoms with Gasteiger partial charge in [0.1, 0.15) is 0 Å². The number of carbonyl (C=O) groups is 1. The Kier molecular flexibility index (Phi) is 8.91. The number of nitrogens with one attached hydrogen (secondary N) is 1. The van der Waals surface area contributed by atoms with E-state index in [9.17, 15) is 4.79 Å². The Morgan fingerprint density at radius 2 is 2.13 bits per heavy atom. The molecule has 0 aliphatic heterocycles. The van der Waals surface area contributed by atoms with Crippen molar-refractivity contribution < 1.29 is 4.79 Å². The molecule has 3 nitrogen and oxygen atoms in total. The Bertz CT molecular complexity index is 174. The van der Waals surface area contributed by atoms with Crippen molar-refractivity contribution in [1.82, 2.24) is 5.32 Å². The summed E-state index contributed by atoms with van der Waals surface area (Å²) in [5.41, 5.74) is 5.75. The summed E-state index contributed by atoms with van der Waals surface area (Å²) in [5, 5.41) is 2.91. The van der Waals surface area contributed by atoms with Gasteiger partial charge in [-0.15, -0.1) is 0 Å². The minimum Gasteiger partial charge on any atom is -0.355 e. The Hall–Kier alpha value is -0.220. The fraction of sp³-hybridized carbons (Fsp3) is 0.909. The fourth-order valence-electron chi connectivity index (χ4n) is 0.972. The van der Waals surface area contributed by atoms with Gasteiger partial charge in [0.05, 0.1) is 5.75 Å². The summed E-state index contributed by atoms with van der Waals surface area (Å²) in [4.78, 5) is 11.3. The van der Waals surface area contributed by atoms with E-state index in [2.05, 4.69) is 26.1 Å². The van der Waals surface area contributed by atoms with E-state index in [0.29, 0.717) is 11.7 Å². The van der Waals surface area contributed by atoms with E-state index in [4.69, 9.17) is 5.73 Å². The summed E-state index contributed by atoms with van der Waals surface area (Å²) in [7, 11) is 0. The van der Waals surface area contributed by atoms with Gasteiger partial charge < -0.3 is 11.1 Å². The lowest BCUT2D eigenvalue weighted by Crippen LogP contribution is -2.28. The molecule has 4 heteroatoms. The first-order valence-electron chi connectivity index (χ1n) is 5.66. The molecule has 0 aliphatic rings. The largest absolute Gasteiger partial charge is 0.355 e. The summed E-state index contributed by atoms with van der Waals surface area (Å²) in [5.74, 6) is 2.18. The number of amides is 1. The summed E-state index contributed by atoms with van der Waals surface area (Å²) >= 11 is 1.62. The third-order valence-corrected chi connectivity index (χ3v) is 3.26. The van der Waals surface area contributed by atoms with E-state index in [1.54, 1.807) is 11.8 Å². The summed E-state index contributed by atoms with van der Waals surface area (Å²) in [6.45, 7) is 7.16. The molecule has 3 N–H and O–H groups in total. The van der Waals surface area contributed by atoms with Crippen LogP contribution in [0.3, 0.4) is 0 Å². The monoisotopic (exact) mass is 232 g/mol. The first kappa shape index (κ1) is 14.8. The van der Waals surface area contributed by atoms with Crippen molar-refractivity contribution in [3.8, 4) is 0 Å². The first-order chi connectivity index (χ1) is 7.06. The van der Waals surface area contributed by atoms with Crippen LogP contribution in [-0.2, 0) is 4.79 Å². The van der Waals surface area contributed by atoms with E-state index in [1.165, 1.54) is 0 Å². The van der Waals surface area contributed by atoms with Crippen LogP contribution in [0, 0.1) is 5.92 Å². The molecule has 1 unspecified atom stereocenters. The molecule has 0 fully saturated rings. The van der Waals surface area contributed by atoms with Gasteiger partial charge in [-0.25, -0.2) is 0 Å². The molecule has 0 saturated heterocycles. The summed E-state index contributed by atoms with van der Waals surface area (Å²) < 4.78 is 0. The third-order valence-electron chi connectivity index (χ3n) is 2.13. The molecule has 0 radical (unpaired) electrons. The SMILES string of the molecule is CCC(N)CSCC(=O)NCCC(C)C. The van der Waals surface area contributed by atoms with Crippen molar-refractivity contribution in [3.05, 3.63) is 0 Å². The number of thioether (sulfide) groups is 1. The summed E-state index contributed by atoms with van der Waals surface area (Å²) in [6, 6.07) is 0.221. The van der Waals surface area contributed by atoms with Crippen LogP contribution in [0.15, 0.2) is 0 Å². The zero-order chi connectivity index (χ0) is 11.7. The Balaban J connectivity index is 3.33. The van der Waals surface area contributed by atoms with E-state index >= 15 is 0 Å². The van der Waals surface area contributed by atoms with Crippen LogP contribution in [0.2, 0.25) is 0 Å². The second-order valence-electron chi connectivity index (χ2n) is 4.22. The van der Waals surface area contributed by atoms with Gasteiger partial charge in [0.25, 0.3) is 0 Å². The van der Waals surface area contributed by atoms with Crippen molar-refractivity contribution in [3.63, 3.8) is 0 Å². The molecule has 0 bridgehead atoms. The van der Waals surface area contributed by atoms with Crippen molar-refractivity contribution >= 4 is 17.7 Å². The van der Waals surface area contributed by atoms with Crippen molar-refractivity contribution in [2.24, 2.45) is 11.7 Å². The highest BCUT2D eigenvalue weighted by molar-refractivity contribution is 7.99. The van der Waals surface area contributed by atoms with Crippen LogP contribution in [-0.4, -0.2) is 30.0 Å². The Morgan fingerprint density at radius 3 is 2.67 bits per heavy atom. The number of carbonyl (C=O) groups excluding carboxylic acids is 1. The highest BCUT2D eigenvalue weighted by Crippen LogP contribution is 2.03. The molecule has 0 saturated carbocycles. The normalized spacial score (nSPS) is 12.9. The molecule has 15 heavy (non-hydrogen) atoms. The van der Waals surface area contributed by atoms with Crippen LogP contribution in [0.25, 0.3) is 0 Å². The second kappa shape index (κ2) is 9.04. The Morgan fingerprint density at radius 1 is 1.47 bits per heavy atom. The van der Waals surface area contributed by atoms with Gasteiger partial charge in [-0.05, 0) is 18.8 Å². The molecule has 0 rings (SSSR count). The molecule has 90 valence electrons. The number of hydrogen-bond acceptors (Lipinski definition) is 3. The van der Waals surface area contributed by atoms with Gasteiger partial charge >= 0.3 is 0 Å². The van der Waals surface area contributed by atoms with Crippen LogP contribution < -0.4 is 11.1 Å². The van der Waals surface area contributed by atoms with Crippen LogP contribution in [0.1, 0.15) is 33.6 Å². The van der Waals surface area contributed by atoms with E-state index < -0.39 is 0 Å². The van der Waals surface area contributed by atoms with E-state index in [0.717, 1.165) is 25.1 Å². The second-order valence-corrected chi connectivity index (χ2v) is 5.25. The lowest BCUT2D eigenvalue weighted by molar-refractivity contribution is -0.118. The Labute approximate surface area is 97.6 Å². The quantitative estimate of drug-likeness (QED) is 0.668. The van der Waals surface area contributed by atoms with Crippen molar-refractivity contribution in [2.75, 3.05) is 18.1 Å². The lowest BCUT2D eigenvalue weighted by atomic mass is 10.1. The molecule has 0 aromatic rings. The predicted octanol–water partition coefficient (Wildman–Crippen LogP) is 1.62. The molecule has 0 aromatic heterocycles. The lowest BCUT2D eigenvalue weighted by Gasteiger charge is -2.09. The highest BCUT2D eigenvalue weighted by Gasteiger charge is 2.04. The molecule has 0 aliphatic carbocycles. The topological polar surface area (TPSA) is 55.1 Å². The van der Waals surface area contributed by atoms with Gasteiger partial charge in [0.15, 0.2) is 0 Å². The minimum atomic E-state index is 0.129. The molecular weight excluding hydrogens is 208 g/mol. The van der Waals surface area contributed by atoms with Gasteiger partial charge in [0, 0.05) is 18.3 Å². The molecule has 0 aromatic carbocycles. The van der Waals surface area contributed by atoms with E-state index in [1.807, 2.05) is 0 Å². The van der Waals surface area contributed by atoms with Crippen LogP contribution in [0.4, 0.5) is 0 Å². The van der Waals surface area contributed by atoms with Gasteiger partial charge in [0.2, 0.25) is 5.91 Å². The molecule has 0 spiro atoms. The maximum atomic E-state index is 11.3. The zero-order valence-electron chi connectivity index (χ0n) is 10.1. The van der Waals surface area contributed by atoms with Crippen LogP contribution in [0.5, 0.6) is 0 Å². The third kappa shape index (κ3) is 10.1. The first-order valence-corrected chi connectivity index (χ1v) is 6.81. The summed E-state index contributed by atoms with van der Waals surface area (Å²) in [6.07, 6.45) is 2.02. The fourth-order valence-corrected chi connectivity index (χ4v) is 1.92. The van der Waals surface area contributed by atoms with Crippen molar-refractivity contribution in [2.45, 2.75) is 39.7 Å². The minimum absolute atomic E-state index is 0.129. The molecule has 1 amide bonds. The molecule has 0 heterocycles. The van der Waals surface area contributed by atoms with Gasteiger partial charge in [-0.3, -0.25) is 4.79 Å². The number of nitrogens with two attached hydrogens (primary N) is 1. The average Bonchev–Trinajstić information content (AvgIpc) is 2.17.